The van der Waals surface area contributed by atoms with Crippen LogP contribution in [0.1, 0.15) is 23.1 Å². The highest BCUT2D eigenvalue weighted by Gasteiger charge is 2.23. The third-order valence-electron chi connectivity index (χ3n) is 2.81. The van der Waals surface area contributed by atoms with Crippen molar-refractivity contribution in [1.82, 2.24) is 15.0 Å². The van der Waals surface area contributed by atoms with E-state index in [4.69, 9.17) is 0 Å². The van der Waals surface area contributed by atoms with Gasteiger partial charge in [0, 0.05) is 5.75 Å². The summed E-state index contributed by atoms with van der Waals surface area (Å²) in [5, 5.41) is 7.34. The Labute approximate surface area is 122 Å². The molecule has 0 bridgehead atoms. The van der Waals surface area contributed by atoms with E-state index in [9.17, 15) is 18.0 Å². The fourth-order valence-corrected chi connectivity index (χ4v) is 2.26. The van der Waals surface area contributed by atoms with Gasteiger partial charge >= 0.3 is 11.9 Å². The number of carbonyl (C=O) groups is 2. The average molecular weight is 319 g/mol. The summed E-state index contributed by atoms with van der Waals surface area (Å²) in [6, 6.07) is 0. The van der Waals surface area contributed by atoms with Crippen LogP contribution in [0, 0.1) is 0 Å². The number of aryl methyl sites for hydroxylation is 1. The number of sulfone groups is 1. The lowest BCUT2D eigenvalue weighted by molar-refractivity contribution is -0.139. The summed E-state index contributed by atoms with van der Waals surface area (Å²) in [6.45, 7) is 1.53. The zero-order valence-corrected chi connectivity index (χ0v) is 12.8. The Morgan fingerprint density at radius 3 is 2.43 bits per heavy atom. The molecular formula is C11H17N3O6S. The van der Waals surface area contributed by atoms with Crippen molar-refractivity contribution in [3.8, 4) is 0 Å². The standard InChI is InChI=1S/C11H17N3O6S/c1-4-21(17,18)6-5-14-8(7-9(15)19-2)10(12-13-14)11(16)20-3/h4-7H2,1-3H3. The van der Waals surface area contributed by atoms with Crippen molar-refractivity contribution in [2.24, 2.45) is 0 Å². The van der Waals surface area contributed by atoms with Gasteiger partial charge in [0.25, 0.3) is 0 Å². The van der Waals surface area contributed by atoms with E-state index in [0.717, 1.165) is 0 Å². The van der Waals surface area contributed by atoms with E-state index in [1.165, 1.54) is 25.8 Å². The Morgan fingerprint density at radius 2 is 1.90 bits per heavy atom. The van der Waals surface area contributed by atoms with Gasteiger partial charge in [-0.25, -0.2) is 17.9 Å². The molecule has 0 fully saturated rings. The van der Waals surface area contributed by atoms with E-state index >= 15 is 0 Å². The minimum absolute atomic E-state index is 0.00209. The third-order valence-corrected chi connectivity index (χ3v) is 4.49. The molecule has 9 nitrogen and oxygen atoms in total. The highest BCUT2D eigenvalue weighted by atomic mass is 32.2. The summed E-state index contributed by atoms with van der Waals surface area (Å²) in [5.41, 5.74) is 0.0387. The monoisotopic (exact) mass is 319 g/mol. The van der Waals surface area contributed by atoms with Crippen LogP contribution in [0.15, 0.2) is 0 Å². The van der Waals surface area contributed by atoms with Crippen LogP contribution >= 0.6 is 0 Å². The minimum atomic E-state index is -3.21. The van der Waals surface area contributed by atoms with Gasteiger partial charge in [-0.1, -0.05) is 12.1 Å². The van der Waals surface area contributed by atoms with Crippen LogP contribution in [0.4, 0.5) is 0 Å². The van der Waals surface area contributed by atoms with Crippen molar-refractivity contribution in [2.45, 2.75) is 19.9 Å². The summed E-state index contributed by atoms with van der Waals surface area (Å²) < 4.78 is 33.3. The van der Waals surface area contributed by atoms with Gasteiger partial charge in [0.2, 0.25) is 0 Å². The van der Waals surface area contributed by atoms with Crippen LogP contribution in [0.2, 0.25) is 0 Å². The number of methoxy groups -OCH3 is 2. The predicted molar refractivity (Wildman–Crippen MR) is 71.4 cm³/mol. The first-order valence-electron chi connectivity index (χ1n) is 6.12. The molecule has 0 saturated heterocycles. The molecule has 1 rings (SSSR count). The second-order valence-corrected chi connectivity index (χ2v) is 6.56. The second kappa shape index (κ2) is 7.16. The molecule has 21 heavy (non-hydrogen) atoms. The molecule has 0 aliphatic carbocycles. The van der Waals surface area contributed by atoms with Crippen molar-refractivity contribution in [3.05, 3.63) is 11.4 Å². The first-order chi connectivity index (χ1) is 9.84. The lowest BCUT2D eigenvalue weighted by atomic mass is 10.2. The topological polar surface area (TPSA) is 117 Å². The maximum Gasteiger partial charge on any atom is 0.360 e. The highest BCUT2D eigenvalue weighted by Crippen LogP contribution is 2.09. The molecule has 0 unspecified atom stereocenters. The van der Waals surface area contributed by atoms with Crippen LogP contribution < -0.4 is 0 Å². The van der Waals surface area contributed by atoms with Gasteiger partial charge in [-0.2, -0.15) is 0 Å². The smallest absolute Gasteiger partial charge is 0.360 e. The maximum absolute atomic E-state index is 11.6. The molecule has 118 valence electrons. The molecule has 0 aliphatic rings. The van der Waals surface area contributed by atoms with Crippen LogP contribution in [-0.4, -0.2) is 61.1 Å². The van der Waals surface area contributed by atoms with Crippen molar-refractivity contribution in [1.29, 1.82) is 0 Å². The van der Waals surface area contributed by atoms with Crippen LogP contribution in [0.3, 0.4) is 0 Å². The first-order valence-corrected chi connectivity index (χ1v) is 7.94. The number of rotatable bonds is 7. The number of esters is 2. The van der Waals surface area contributed by atoms with E-state index < -0.39 is 21.8 Å². The molecule has 0 amide bonds. The Kier molecular flexibility index (Phi) is 5.82. The van der Waals surface area contributed by atoms with Gasteiger partial charge in [0.05, 0.1) is 38.6 Å². The fourth-order valence-electron chi connectivity index (χ4n) is 1.52. The first kappa shape index (κ1) is 17.1. The number of aromatic nitrogens is 3. The summed E-state index contributed by atoms with van der Waals surface area (Å²) in [6.07, 6.45) is -0.250. The van der Waals surface area contributed by atoms with Gasteiger partial charge in [-0.05, 0) is 0 Å². The fraction of sp³-hybridized carbons (Fsp3) is 0.636. The lowest BCUT2D eigenvalue weighted by Crippen LogP contribution is -2.19. The quantitative estimate of drug-likeness (QED) is 0.600. The minimum Gasteiger partial charge on any atom is -0.469 e. The molecule has 0 aliphatic heterocycles. The molecule has 1 aromatic heterocycles. The molecule has 0 saturated carbocycles. The zero-order valence-electron chi connectivity index (χ0n) is 12.0. The number of nitrogens with zero attached hydrogens (tertiary/aromatic N) is 3. The SMILES string of the molecule is CCS(=O)(=O)CCn1nnc(C(=O)OC)c1CC(=O)OC. The maximum atomic E-state index is 11.6. The van der Waals surface area contributed by atoms with Crippen LogP contribution in [-0.2, 0) is 37.1 Å². The van der Waals surface area contributed by atoms with E-state index in [1.807, 2.05) is 0 Å². The van der Waals surface area contributed by atoms with Crippen molar-refractivity contribution < 1.29 is 27.5 Å². The van der Waals surface area contributed by atoms with E-state index in [2.05, 4.69) is 19.8 Å². The third kappa shape index (κ3) is 4.52. The molecule has 0 radical (unpaired) electrons. The molecule has 0 N–H and O–H groups in total. The van der Waals surface area contributed by atoms with Gasteiger partial charge in [-0.3, -0.25) is 4.79 Å². The Morgan fingerprint density at radius 1 is 1.24 bits per heavy atom. The normalized spacial score (nSPS) is 11.2. The highest BCUT2D eigenvalue weighted by molar-refractivity contribution is 7.91. The summed E-state index contributed by atoms with van der Waals surface area (Å²) >= 11 is 0. The van der Waals surface area contributed by atoms with Crippen molar-refractivity contribution >= 4 is 21.8 Å². The van der Waals surface area contributed by atoms with Crippen LogP contribution in [0.5, 0.6) is 0 Å². The summed E-state index contributed by atoms with van der Waals surface area (Å²) in [5.74, 6) is -1.51. The number of carbonyl (C=O) groups excluding carboxylic acids is 2. The number of hydrogen-bond acceptors (Lipinski definition) is 8. The molecule has 1 heterocycles. The van der Waals surface area contributed by atoms with Gasteiger partial charge in [-0.15, -0.1) is 5.10 Å². The van der Waals surface area contributed by atoms with E-state index in [-0.39, 0.29) is 35.9 Å². The Balaban J connectivity index is 3.05. The van der Waals surface area contributed by atoms with Gasteiger partial charge in [0.1, 0.15) is 0 Å². The molecule has 1 aromatic rings. The molecule has 0 atom stereocenters. The van der Waals surface area contributed by atoms with Crippen LogP contribution in [0.25, 0.3) is 0 Å². The average Bonchev–Trinajstić information content (AvgIpc) is 2.87. The molecule has 10 heteroatoms. The predicted octanol–water partition coefficient (Wildman–Crippen LogP) is -0.785. The number of ether oxygens (including phenoxy) is 2. The summed E-state index contributed by atoms with van der Waals surface area (Å²) in [7, 11) is -0.830. The van der Waals surface area contributed by atoms with E-state index in [1.54, 1.807) is 0 Å². The summed E-state index contributed by atoms with van der Waals surface area (Å²) in [4.78, 5) is 23.0. The van der Waals surface area contributed by atoms with Gasteiger partial charge in [0.15, 0.2) is 15.5 Å². The molecular weight excluding hydrogens is 302 g/mol. The lowest BCUT2D eigenvalue weighted by Gasteiger charge is -2.06. The Hall–Kier alpha value is -1.97. The Bertz CT molecular complexity index is 622. The van der Waals surface area contributed by atoms with Crippen molar-refractivity contribution in [3.63, 3.8) is 0 Å². The molecule has 0 spiro atoms. The zero-order chi connectivity index (χ0) is 16.0. The second-order valence-electron chi connectivity index (χ2n) is 4.09. The van der Waals surface area contributed by atoms with E-state index in [0.29, 0.717) is 0 Å². The van der Waals surface area contributed by atoms with Crippen molar-refractivity contribution in [2.75, 3.05) is 25.7 Å². The number of hydrogen-bond donors (Lipinski definition) is 0. The van der Waals surface area contributed by atoms with Gasteiger partial charge < -0.3 is 9.47 Å². The molecule has 0 aromatic carbocycles. The largest absolute Gasteiger partial charge is 0.469 e.